The molecule has 0 radical (unpaired) electrons. The van der Waals surface area contributed by atoms with Crippen LogP contribution in [0.15, 0.2) is 39.9 Å². The van der Waals surface area contributed by atoms with E-state index in [-0.39, 0.29) is 5.11 Å². The summed E-state index contributed by atoms with van der Waals surface area (Å²) in [7, 11) is 0. The topological polar surface area (TPSA) is 58.0 Å². The smallest absolute Gasteiger partial charge is 0.187 e. The molecule has 0 spiro atoms. The second-order valence-electron chi connectivity index (χ2n) is 6.09. The Morgan fingerprint density at radius 2 is 2.00 bits per heavy atom. The number of rotatable bonds is 6. The van der Waals surface area contributed by atoms with E-state index in [1.165, 1.54) is 12.8 Å². The van der Waals surface area contributed by atoms with Crippen LogP contribution in [-0.2, 0) is 0 Å². The van der Waals surface area contributed by atoms with Gasteiger partial charge in [0, 0.05) is 12.1 Å². The Bertz CT molecular complexity index is 802. The first-order chi connectivity index (χ1) is 12.5. The molecule has 2 N–H and O–H groups in total. The van der Waals surface area contributed by atoms with Crippen molar-refractivity contribution in [1.82, 2.24) is 9.91 Å². The van der Waals surface area contributed by atoms with E-state index in [0.29, 0.717) is 28.1 Å². The van der Waals surface area contributed by atoms with Gasteiger partial charge in [0.2, 0.25) is 0 Å². The van der Waals surface area contributed by atoms with Gasteiger partial charge in [-0.05, 0) is 68.5 Å². The monoisotopic (exact) mass is 410 g/mol. The predicted octanol–water partition coefficient (Wildman–Crippen LogP) is 4.23. The molecule has 8 heteroatoms. The van der Waals surface area contributed by atoms with Gasteiger partial charge >= 0.3 is 0 Å². The van der Waals surface area contributed by atoms with Gasteiger partial charge < -0.3 is 15.1 Å². The first-order valence-corrected chi connectivity index (χ1v) is 9.58. The van der Waals surface area contributed by atoms with Crippen LogP contribution in [0.25, 0.3) is 11.3 Å². The maximum absolute atomic E-state index is 6.06. The summed E-state index contributed by atoms with van der Waals surface area (Å²) in [5, 5.41) is 7.23. The minimum absolute atomic E-state index is 0.247. The quantitative estimate of drug-likeness (QED) is 0.438. The van der Waals surface area contributed by atoms with E-state index in [1.54, 1.807) is 23.4 Å². The van der Waals surface area contributed by atoms with Gasteiger partial charge in [-0.15, -0.1) is 0 Å². The SMILES string of the molecule is NC(=S)N(CCN1CCCC1)/N=C/c1ccc(-c2ccc(Cl)c(Cl)c2)o1. The highest BCUT2D eigenvalue weighted by molar-refractivity contribution is 7.80. The number of furan rings is 1. The third-order valence-electron chi connectivity index (χ3n) is 4.24. The summed E-state index contributed by atoms with van der Waals surface area (Å²) in [6.45, 7) is 3.80. The van der Waals surface area contributed by atoms with Crippen LogP contribution < -0.4 is 5.73 Å². The van der Waals surface area contributed by atoms with Crippen molar-refractivity contribution in [2.45, 2.75) is 12.8 Å². The van der Waals surface area contributed by atoms with Gasteiger partial charge in [0.05, 0.1) is 22.8 Å². The van der Waals surface area contributed by atoms with Crippen LogP contribution >= 0.6 is 35.4 Å². The lowest BCUT2D eigenvalue weighted by atomic mass is 10.2. The van der Waals surface area contributed by atoms with Gasteiger partial charge in [-0.1, -0.05) is 23.2 Å². The molecule has 26 heavy (non-hydrogen) atoms. The van der Waals surface area contributed by atoms with Gasteiger partial charge in [0.25, 0.3) is 0 Å². The molecule has 0 amide bonds. The van der Waals surface area contributed by atoms with E-state index in [2.05, 4.69) is 10.0 Å². The lowest BCUT2D eigenvalue weighted by Gasteiger charge is -2.20. The molecule has 0 unspecified atom stereocenters. The second-order valence-corrected chi connectivity index (χ2v) is 7.32. The molecule has 1 saturated heterocycles. The van der Waals surface area contributed by atoms with Gasteiger partial charge in [0.15, 0.2) is 5.11 Å². The van der Waals surface area contributed by atoms with E-state index >= 15 is 0 Å². The molecule has 3 rings (SSSR count). The molecule has 2 aromatic rings. The maximum Gasteiger partial charge on any atom is 0.187 e. The zero-order chi connectivity index (χ0) is 18.5. The third kappa shape index (κ3) is 4.98. The Hall–Kier alpha value is -1.60. The highest BCUT2D eigenvalue weighted by Gasteiger charge is 2.13. The summed E-state index contributed by atoms with van der Waals surface area (Å²) in [6, 6.07) is 9.05. The molecule has 5 nitrogen and oxygen atoms in total. The predicted molar refractivity (Wildman–Crippen MR) is 111 cm³/mol. The molecular weight excluding hydrogens is 391 g/mol. The first-order valence-electron chi connectivity index (χ1n) is 8.41. The van der Waals surface area contributed by atoms with Gasteiger partial charge in [0.1, 0.15) is 11.5 Å². The lowest BCUT2D eigenvalue weighted by Crippen LogP contribution is -2.37. The Labute approximate surface area is 168 Å². The zero-order valence-electron chi connectivity index (χ0n) is 14.2. The number of benzene rings is 1. The summed E-state index contributed by atoms with van der Waals surface area (Å²) in [5.74, 6) is 1.29. The van der Waals surface area contributed by atoms with E-state index in [4.69, 9.17) is 45.6 Å². The normalized spacial score (nSPS) is 15.0. The minimum Gasteiger partial charge on any atom is -0.455 e. The molecule has 2 heterocycles. The Balaban J connectivity index is 1.65. The second kappa shape index (κ2) is 8.86. The number of thiocarbonyl (C=S) groups is 1. The summed E-state index contributed by atoms with van der Waals surface area (Å²) < 4.78 is 5.80. The Morgan fingerprint density at radius 1 is 1.23 bits per heavy atom. The number of hydrazone groups is 1. The molecule has 1 aliphatic rings. The van der Waals surface area contributed by atoms with Crippen molar-refractivity contribution in [2.24, 2.45) is 10.8 Å². The summed E-state index contributed by atoms with van der Waals surface area (Å²) in [5.41, 5.74) is 6.63. The Morgan fingerprint density at radius 3 is 2.69 bits per heavy atom. The van der Waals surface area contributed by atoms with Crippen molar-refractivity contribution >= 4 is 46.7 Å². The summed E-state index contributed by atoms with van der Waals surface area (Å²) in [4.78, 5) is 2.38. The Kier molecular flexibility index (Phi) is 6.53. The highest BCUT2D eigenvalue weighted by atomic mass is 35.5. The lowest BCUT2D eigenvalue weighted by molar-refractivity contribution is 0.296. The highest BCUT2D eigenvalue weighted by Crippen LogP contribution is 2.29. The molecule has 1 aromatic heterocycles. The van der Waals surface area contributed by atoms with E-state index < -0.39 is 0 Å². The fourth-order valence-corrected chi connectivity index (χ4v) is 3.26. The molecule has 138 valence electrons. The van der Waals surface area contributed by atoms with Crippen LogP contribution in [0.2, 0.25) is 10.0 Å². The summed E-state index contributed by atoms with van der Waals surface area (Å²) in [6.07, 6.45) is 4.12. The zero-order valence-corrected chi connectivity index (χ0v) is 16.5. The number of likely N-dealkylation sites (tertiary alicyclic amines) is 1. The van der Waals surface area contributed by atoms with Gasteiger partial charge in [-0.2, -0.15) is 5.10 Å². The van der Waals surface area contributed by atoms with Gasteiger partial charge in [-0.3, -0.25) is 0 Å². The molecule has 1 aromatic carbocycles. The van der Waals surface area contributed by atoms with E-state index in [9.17, 15) is 0 Å². The molecular formula is C18H20Cl2N4OS. The van der Waals surface area contributed by atoms with Crippen molar-refractivity contribution < 1.29 is 4.42 Å². The number of halogens is 2. The van der Waals surface area contributed by atoms with Crippen molar-refractivity contribution in [3.05, 3.63) is 46.1 Å². The van der Waals surface area contributed by atoms with E-state index in [1.807, 2.05) is 18.2 Å². The number of hydrogen-bond donors (Lipinski definition) is 1. The molecule has 0 aliphatic carbocycles. The van der Waals surface area contributed by atoms with Gasteiger partial charge in [-0.25, -0.2) is 5.01 Å². The maximum atomic E-state index is 6.06. The third-order valence-corrected chi connectivity index (χ3v) is 5.19. The van der Waals surface area contributed by atoms with Crippen molar-refractivity contribution in [3.8, 4) is 11.3 Å². The average molecular weight is 411 g/mol. The fraction of sp³-hybridized carbons (Fsp3) is 0.333. The van der Waals surface area contributed by atoms with E-state index in [0.717, 1.165) is 25.2 Å². The molecule has 0 atom stereocenters. The van der Waals surface area contributed by atoms with Crippen molar-refractivity contribution in [1.29, 1.82) is 0 Å². The van der Waals surface area contributed by atoms with Crippen molar-refractivity contribution in [2.75, 3.05) is 26.2 Å². The van der Waals surface area contributed by atoms with Crippen molar-refractivity contribution in [3.63, 3.8) is 0 Å². The van der Waals surface area contributed by atoms with Crippen LogP contribution in [0.1, 0.15) is 18.6 Å². The summed E-state index contributed by atoms with van der Waals surface area (Å²) >= 11 is 17.1. The fourth-order valence-electron chi connectivity index (χ4n) is 2.82. The molecule has 1 aliphatic heterocycles. The number of hydrogen-bond acceptors (Lipinski definition) is 4. The van der Waals surface area contributed by atoms with Crippen LogP contribution in [0, 0.1) is 0 Å². The first kappa shape index (κ1) is 19.2. The van der Waals surface area contributed by atoms with Crippen LogP contribution in [0.3, 0.4) is 0 Å². The average Bonchev–Trinajstić information content (AvgIpc) is 3.28. The number of nitrogens with two attached hydrogens (primary N) is 1. The van der Waals surface area contributed by atoms with Crippen LogP contribution in [0.4, 0.5) is 0 Å². The van der Waals surface area contributed by atoms with Crippen LogP contribution in [0.5, 0.6) is 0 Å². The molecule has 1 fully saturated rings. The standard InChI is InChI=1S/C18H20Cl2N4OS/c19-15-5-3-13(11-16(15)20)17-6-4-14(25-17)12-22-24(18(21)26)10-9-23-7-1-2-8-23/h3-6,11-12H,1-2,7-10H2,(H2,21,26)/b22-12+. The largest absolute Gasteiger partial charge is 0.455 e. The van der Waals surface area contributed by atoms with Crippen LogP contribution in [-0.4, -0.2) is 47.4 Å². The number of nitrogens with zero attached hydrogens (tertiary/aromatic N) is 3. The minimum atomic E-state index is 0.247. The molecule has 0 saturated carbocycles. The molecule has 0 bridgehead atoms.